The van der Waals surface area contributed by atoms with Crippen LogP contribution in [0.25, 0.3) is 0 Å². The molecular weight excluding hydrogens is 629 g/mol. The number of nitrogens with zero attached hydrogens (tertiary/aromatic N) is 2. The summed E-state index contributed by atoms with van der Waals surface area (Å²) in [5.74, 6) is -0.184. The second kappa shape index (κ2) is 15.6. The number of amides is 3. The summed E-state index contributed by atoms with van der Waals surface area (Å²) in [6, 6.07) is 20.6. The summed E-state index contributed by atoms with van der Waals surface area (Å²) in [6.45, 7) is 0.128. The van der Waals surface area contributed by atoms with Crippen LogP contribution in [0, 0.1) is 5.92 Å². The molecule has 2 atom stereocenters. The van der Waals surface area contributed by atoms with E-state index in [2.05, 4.69) is 20.6 Å². The van der Waals surface area contributed by atoms with E-state index in [0.717, 1.165) is 30.4 Å². The van der Waals surface area contributed by atoms with Crippen molar-refractivity contribution >= 4 is 41.1 Å². The van der Waals surface area contributed by atoms with Crippen LogP contribution in [0.15, 0.2) is 85.3 Å². The highest BCUT2D eigenvalue weighted by Crippen LogP contribution is 2.42. The molecule has 46 heavy (non-hydrogen) atoms. The first kappa shape index (κ1) is 32.8. The van der Waals surface area contributed by atoms with Crippen molar-refractivity contribution in [2.75, 3.05) is 6.54 Å². The number of rotatable bonds is 14. The summed E-state index contributed by atoms with van der Waals surface area (Å²) in [6.07, 6.45) is 4.47. The minimum Gasteiger partial charge on any atom is -0.489 e. The van der Waals surface area contributed by atoms with E-state index < -0.39 is 30.0 Å². The molecule has 1 aliphatic carbocycles. The third-order valence-corrected chi connectivity index (χ3v) is 8.67. The number of ether oxygens (including phenoxy) is 1. The minimum atomic E-state index is -1.36. The number of hydrogen-bond donors (Lipinski definition) is 4. The van der Waals surface area contributed by atoms with Crippen molar-refractivity contribution in [3.05, 3.63) is 118 Å². The first-order valence-corrected chi connectivity index (χ1v) is 15.8. The van der Waals surface area contributed by atoms with E-state index in [-0.39, 0.29) is 25.4 Å². The first-order chi connectivity index (χ1) is 22.3. The van der Waals surface area contributed by atoms with Crippen molar-refractivity contribution in [3.8, 4) is 5.75 Å². The number of hydrogen-bond acceptors (Lipinski definition) is 5. The molecule has 1 fully saturated rings. The van der Waals surface area contributed by atoms with Crippen molar-refractivity contribution in [2.45, 2.75) is 50.9 Å². The van der Waals surface area contributed by atoms with Crippen LogP contribution in [0.3, 0.4) is 0 Å². The van der Waals surface area contributed by atoms with Gasteiger partial charge in [0.1, 0.15) is 18.4 Å². The maximum atomic E-state index is 14.0. The summed E-state index contributed by atoms with van der Waals surface area (Å²) < 4.78 is 5.90. The number of imidazole rings is 1. The van der Waals surface area contributed by atoms with Gasteiger partial charge in [0.05, 0.1) is 18.9 Å². The highest BCUT2D eigenvalue weighted by atomic mass is 35.5. The van der Waals surface area contributed by atoms with Crippen molar-refractivity contribution < 1.29 is 24.2 Å². The molecule has 10 nitrogen and oxygen atoms in total. The van der Waals surface area contributed by atoms with Crippen LogP contribution in [-0.2, 0) is 29.2 Å². The fourth-order valence-electron chi connectivity index (χ4n) is 5.45. The average Bonchev–Trinajstić information content (AvgIpc) is 3.52. The largest absolute Gasteiger partial charge is 0.489 e. The van der Waals surface area contributed by atoms with Gasteiger partial charge in [-0.05, 0) is 54.2 Å². The molecule has 2 unspecified atom stereocenters. The standard InChI is InChI=1S/C34H35Cl2N5O5/c35-27-10-5-11-28(36)31(27)32(24-8-4-9-24)40-30(42)19-41(33(43)29(39-34(44)45)16-25-17-37-21-38-25)18-22-12-14-26(15-13-22)46-20-23-6-2-1-3-7-23/h1-3,5-7,10-15,17,21,24,29,32,39H,4,8-9,16,18-20H2,(H,37,38)(H,40,42)(H,44,45). The van der Waals surface area contributed by atoms with Crippen LogP contribution in [0.2, 0.25) is 10.0 Å². The van der Waals surface area contributed by atoms with E-state index in [1.54, 1.807) is 30.3 Å². The Morgan fingerprint density at radius 2 is 1.67 bits per heavy atom. The lowest BCUT2D eigenvalue weighted by Crippen LogP contribution is -2.52. The number of benzene rings is 3. The quantitative estimate of drug-likeness (QED) is 0.128. The molecule has 1 aliphatic rings. The lowest BCUT2D eigenvalue weighted by molar-refractivity contribution is -0.138. The van der Waals surface area contributed by atoms with E-state index in [0.29, 0.717) is 33.7 Å². The number of nitrogens with one attached hydrogen (secondary N) is 3. The Morgan fingerprint density at radius 1 is 0.957 bits per heavy atom. The Hall–Kier alpha value is -4.54. The van der Waals surface area contributed by atoms with Crippen LogP contribution in [0.5, 0.6) is 5.75 Å². The summed E-state index contributed by atoms with van der Waals surface area (Å²) >= 11 is 13.1. The SMILES string of the molecule is O=C(O)NC(Cc1cnc[nH]1)C(=O)N(CC(=O)NC(c1c(Cl)cccc1Cl)C1CCC1)Cc1ccc(OCc2ccccc2)cc1. The topological polar surface area (TPSA) is 137 Å². The fourth-order valence-corrected chi connectivity index (χ4v) is 6.08. The van der Waals surface area contributed by atoms with E-state index in [4.69, 9.17) is 27.9 Å². The van der Waals surface area contributed by atoms with Crippen LogP contribution >= 0.6 is 23.2 Å². The summed E-state index contributed by atoms with van der Waals surface area (Å²) in [4.78, 5) is 47.5. The van der Waals surface area contributed by atoms with Crippen molar-refractivity contribution in [2.24, 2.45) is 5.92 Å². The first-order valence-electron chi connectivity index (χ1n) is 15.0. The lowest BCUT2D eigenvalue weighted by atomic mass is 9.77. The van der Waals surface area contributed by atoms with Gasteiger partial charge in [-0.15, -0.1) is 0 Å². The molecule has 5 rings (SSSR count). The molecule has 4 N–H and O–H groups in total. The van der Waals surface area contributed by atoms with Crippen molar-refractivity contribution in [3.63, 3.8) is 0 Å². The maximum Gasteiger partial charge on any atom is 0.405 e. The van der Waals surface area contributed by atoms with Gasteiger partial charge in [0.25, 0.3) is 0 Å². The van der Waals surface area contributed by atoms with Gasteiger partial charge in [0.15, 0.2) is 0 Å². The van der Waals surface area contributed by atoms with E-state index in [1.807, 2.05) is 42.5 Å². The third kappa shape index (κ3) is 8.80. The summed E-state index contributed by atoms with van der Waals surface area (Å²) in [5.41, 5.74) is 2.97. The molecule has 0 aliphatic heterocycles. The number of carbonyl (C=O) groups is 3. The molecule has 1 heterocycles. The van der Waals surface area contributed by atoms with Gasteiger partial charge >= 0.3 is 6.09 Å². The molecule has 1 saturated carbocycles. The molecule has 0 radical (unpaired) electrons. The van der Waals surface area contributed by atoms with Gasteiger partial charge in [0, 0.05) is 40.5 Å². The number of carbonyl (C=O) groups excluding carboxylic acids is 2. The highest BCUT2D eigenvalue weighted by molar-refractivity contribution is 6.36. The van der Waals surface area contributed by atoms with Crippen molar-refractivity contribution in [1.29, 1.82) is 0 Å². The predicted octanol–water partition coefficient (Wildman–Crippen LogP) is 6.16. The van der Waals surface area contributed by atoms with Crippen LogP contribution in [0.4, 0.5) is 4.79 Å². The fraction of sp³-hybridized carbons (Fsp3) is 0.294. The van der Waals surface area contributed by atoms with Gasteiger partial charge in [-0.2, -0.15) is 0 Å². The molecule has 0 spiro atoms. The van der Waals surface area contributed by atoms with Crippen LogP contribution < -0.4 is 15.4 Å². The molecule has 3 amide bonds. The molecule has 1 aromatic heterocycles. The second-order valence-corrected chi connectivity index (χ2v) is 12.1. The van der Waals surface area contributed by atoms with Gasteiger partial charge in [-0.1, -0.05) is 78.2 Å². The summed E-state index contributed by atoms with van der Waals surface area (Å²) in [5, 5.41) is 15.8. The zero-order valence-electron chi connectivity index (χ0n) is 25.0. The molecule has 240 valence electrons. The zero-order valence-corrected chi connectivity index (χ0v) is 26.5. The number of aromatic nitrogens is 2. The molecule has 3 aromatic carbocycles. The molecule has 4 aromatic rings. The highest BCUT2D eigenvalue weighted by Gasteiger charge is 2.34. The maximum absolute atomic E-state index is 14.0. The second-order valence-electron chi connectivity index (χ2n) is 11.3. The lowest BCUT2D eigenvalue weighted by Gasteiger charge is -2.36. The number of halogens is 2. The van der Waals surface area contributed by atoms with Crippen LogP contribution in [-0.4, -0.2) is 50.5 Å². The predicted molar refractivity (Wildman–Crippen MR) is 175 cm³/mol. The third-order valence-electron chi connectivity index (χ3n) is 8.01. The molecular formula is C34H35Cl2N5O5. The van der Waals surface area contributed by atoms with Gasteiger partial charge in [0.2, 0.25) is 11.8 Å². The molecule has 0 bridgehead atoms. The van der Waals surface area contributed by atoms with E-state index in [9.17, 15) is 19.5 Å². The Morgan fingerprint density at radius 3 is 2.28 bits per heavy atom. The van der Waals surface area contributed by atoms with E-state index >= 15 is 0 Å². The van der Waals surface area contributed by atoms with Crippen molar-refractivity contribution in [1.82, 2.24) is 25.5 Å². The van der Waals surface area contributed by atoms with Gasteiger partial charge in [-0.3, -0.25) is 9.59 Å². The Labute approximate surface area is 277 Å². The minimum absolute atomic E-state index is 0.0233. The average molecular weight is 665 g/mol. The zero-order chi connectivity index (χ0) is 32.5. The number of H-pyrrole nitrogens is 1. The Balaban J connectivity index is 1.35. The number of carboxylic acid groups (broad SMARTS) is 1. The summed E-state index contributed by atoms with van der Waals surface area (Å²) in [7, 11) is 0. The van der Waals surface area contributed by atoms with Gasteiger partial charge in [-0.25, -0.2) is 9.78 Å². The monoisotopic (exact) mass is 663 g/mol. The Bertz CT molecular complexity index is 1590. The normalized spacial score (nSPS) is 14.0. The Kier molecular flexibility index (Phi) is 11.2. The molecule has 12 heteroatoms. The van der Waals surface area contributed by atoms with Gasteiger partial charge < -0.3 is 30.4 Å². The molecule has 0 saturated heterocycles. The number of aromatic amines is 1. The smallest absolute Gasteiger partial charge is 0.405 e. The van der Waals surface area contributed by atoms with E-state index in [1.165, 1.54) is 17.4 Å². The van der Waals surface area contributed by atoms with Crippen LogP contribution in [0.1, 0.15) is 47.7 Å².